The molecule has 1 fully saturated rings. The highest BCUT2D eigenvalue weighted by molar-refractivity contribution is 6.07. The molecule has 2 N–H and O–H groups in total. The molecule has 0 aromatic heterocycles. The minimum atomic E-state index is -0.402. The van der Waals surface area contributed by atoms with E-state index in [9.17, 15) is 4.79 Å². The van der Waals surface area contributed by atoms with Crippen molar-refractivity contribution in [2.45, 2.75) is 44.6 Å². The molecule has 3 aromatic carbocycles. The van der Waals surface area contributed by atoms with Gasteiger partial charge in [0.05, 0.1) is 18.2 Å². The van der Waals surface area contributed by atoms with E-state index >= 15 is 0 Å². The molecule has 1 aliphatic heterocycles. The summed E-state index contributed by atoms with van der Waals surface area (Å²) in [6.07, 6.45) is 5.99. The number of hydrogen-bond donors (Lipinski definition) is 1. The van der Waals surface area contributed by atoms with E-state index in [1.165, 1.54) is 19.3 Å². The Morgan fingerprint density at radius 1 is 0.844 bits per heavy atom. The van der Waals surface area contributed by atoms with Crippen molar-refractivity contribution in [3.05, 3.63) is 101 Å². The van der Waals surface area contributed by atoms with Crippen molar-refractivity contribution < 1.29 is 4.79 Å². The van der Waals surface area contributed by atoms with Crippen molar-refractivity contribution >= 4 is 17.3 Å². The molecular weight excluding hydrogens is 394 g/mol. The third-order valence-electron chi connectivity index (χ3n) is 6.71. The van der Waals surface area contributed by atoms with Crippen LogP contribution in [-0.4, -0.2) is 16.6 Å². The maximum absolute atomic E-state index is 14.0. The molecule has 5 rings (SSSR count). The molecule has 162 valence electrons. The number of nitrogen functional groups attached to an aromatic ring is 1. The molecule has 1 unspecified atom stereocenters. The lowest BCUT2D eigenvalue weighted by atomic mass is 9.79. The van der Waals surface area contributed by atoms with Crippen LogP contribution in [0.4, 0.5) is 5.69 Å². The molecule has 0 spiro atoms. The topological polar surface area (TPSA) is 58.7 Å². The van der Waals surface area contributed by atoms with Crippen molar-refractivity contribution in [2.24, 2.45) is 11.0 Å². The lowest BCUT2D eigenvalue weighted by molar-refractivity contribution is -0.132. The summed E-state index contributed by atoms with van der Waals surface area (Å²) < 4.78 is 0. The highest BCUT2D eigenvalue weighted by Gasteiger charge is 2.35. The van der Waals surface area contributed by atoms with Gasteiger partial charge in [-0.2, -0.15) is 5.10 Å². The second-order valence-electron chi connectivity index (χ2n) is 8.89. The number of benzene rings is 3. The third kappa shape index (κ3) is 4.05. The van der Waals surface area contributed by atoms with Gasteiger partial charge in [-0.05, 0) is 41.7 Å². The number of anilines is 1. The number of hydrazone groups is 1. The zero-order valence-corrected chi connectivity index (χ0v) is 18.3. The maximum Gasteiger partial charge on any atom is 0.255 e. The van der Waals surface area contributed by atoms with E-state index in [2.05, 4.69) is 30.3 Å². The number of fused-ring (bicyclic) bond motifs is 1. The first kappa shape index (κ1) is 20.5. The predicted molar refractivity (Wildman–Crippen MR) is 129 cm³/mol. The van der Waals surface area contributed by atoms with Crippen LogP contribution < -0.4 is 5.73 Å². The van der Waals surface area contributed by atoms with Crippen LogP contribution in [-0.2, 0) is 11.3 Å². The first-order valence-corrected chi connectivity index (χ1v) is 11.6. The molecular formula is C28H29N3O. The number of nitrogens with two attached hydrogens (primary N) is 1. The Labute approximate surface area is 189 Å². The monoisotopic (exact) mass is 423 g/mol. The number of amides is 1. The molecule has 1 heterocycles. The Bertz CT molecular complexity index is 1110. The Balaban J connectivity index is 1.65. The molecule has 0 radical (unpaired) electrons. The van der Waals surface area contributed by atoms with E-state index in [0.717, 1.165) is 40.8 Å². The van der Waals surface area contributed by atoms with Crippen LogP contribution in [0.3, 0.4) is 0 Å². The third-order valence-corrected chi connectivity index (χ3v) is 6.71. The summed E-state index contributed by atoms with van der Waals surface area (Å²) in [5, 5.41) is 6.79. The number of carbonyl (C=O) groups excluding carboxylic acids is 1. The Hall–Kier alpha value is -3.40. The minimum Gasteiger partial charge on any atom is -0.399 e. The first-order chi connectivity index (χ1) is 15.7. The molecule has 4 heteroatoms. The van der Waals surface area contributed by atoms with Crippen molar-refractivity contribution in [1.82, 2.24) is 5.01 Å². The number of hydrogen-bond acceptors (Lipinski definition) is 3. The average molecular weight is 424 g/mol. The van der Waals surface area contributed by atoms with Crippen LogP contribution in [0.1, 0.15) is 60.3 Å². The lowest BCUT2D eigenvalue weighted by Crippen LogP contribution is -2.31. The van der Waals surface area contributed by atoms with Crippen molar-refractivity contribution in [2.75, 3.05) is 5.73 Å². The zero-order chi connectivity index (χ0) is 21.9. The van der Waals surface area contributed by atoms with Crippen LogP contribution >= 0.6 is 0 Å². The molecule has 1 saturated carbocycles. The van der Waals surface area contributed by atoms with Crippen LogP contribution in [0, 0.1) is 5.92 Å². The van der Waals surface area contributed by atoms with Crippen LogP contribution in [0.5, 0.6) is 0 Å². The van der Waals surface area contributed by atoms with Gasteiger partial charge < -0.3 is 5.73 Å². The van der Waals surface area contributed by atoms with Gasteiger partial charge in [0.15, 0.2) is 0 Å². The quantitative estimate of drug-likeness (QED) is 0.545. The lowest BCUT2D eigenvalue weighted by Gasteiger charge is -2.25. The zero-order valence-electron chi connectivity index (χ0n) is 18.3. The minimum absolute atomic E-state index is 0.0110. The molecule has 1 atom stereocenters. The molecule has 1 amide bonds. The Kier molecular flexibility index (Phi) is 5.76. The van der Waals surface area contributed by atoms with Gasteiger partial charge in [-0.3, -0.25) is 4.79 Å². The number of carbonyl (C=O) groups is 1. The fourth-order valence-electron chi connectivity index (χ4n) is 5.06. The smallest absolute Gasteiger partial charge is 0.255 e. The van der Waals surface area contributed by atoms with Gasteiger partial charge in [-0.25, -0.2) is 5.01 Å². The van der Waals surface area contributed by atoms with Crippen LogP contribution in [0.2, 0.25) is 0 Å². The van der Waals surface area contributed by atoms with E-state index in [4.69, 9.17) is 10.8 Å². The molecule has 2 aliphatic rings. The number of rotatable bonds is 4. The van der Waals surface area contributed by atoms with E-state index in [1.54, 1.807) is 5.01 Å². The van der Waals surface area contributed by atoms with Gasteiger partial charge in [0.25, 0.3) is 5.91 Å². The molecule has 0 bridgehead atoms. The van der Waals surface area contributed by atoms with Crippen LogP contribution in [0.15, 0.2) is 84.0 Å². The molecule has 4 nitrogen and oxygen atoms in total. The Morgan fingerprint density at radius 3 is 2.28 bits per heavy atom. The predicted octanol–water partition coefficient (Wildman–Crippen LogP) is 5.73. The van der Waals surface area contributed by atoms with Crippen molar-refractivity contribution in [3.8, 4) is 0 Å². The molecule has 32 heavy (non-hydrogen) atoms. The van der Waals surface area contributed by atoms with E-state index < -0.39 is 5.92 Å². The summed E-state index contributed by atoms with van der Waals surface area (Å²) >= 11 is 0. The van der Waals surface area contributed by atoms with Gasteiger partial charge in [0, 0.05) is 17.2 Å². The second kappa shape index (κ2) is 8.99. The summed E-state index contributed by atoms with van der Waals surface area (Å²) in [7, 11) is 0. The van der Waals surface area contributed by atoms with E-state index in [1.807, 2.05) is 48.5 Å². The fourth-order valence-corrected chi connectivity index (χ4v) is 5.06. The largest absolute Gasteiger partial charge is 0.399 e. The summed E-state index contributed by atoms with van der Waals surface area (Å²) in [6, 6.07) is 26.2. The highest BCUT2D eigenvalue weighted by atomic mass is 16.2. The Morgan fingerprint density at radius 2 is 1.53 bits per heavy atom. The van der Waals surface area contributed by atoms with E-state index in [0.29, 0.717) is 18.2 Å². The molecule has 3 aromatic rings. The second-order valence-corrected chi connectivity index (χ2v) is 8.89. The van der Waals surface area contributed by atoms with Gasteiger partial charge in [-0.15, -0.1) is 0 Å². The molecule has 0 saturated heterocycles. The first-order valence-electron chi connectivity index (χ1n) is 11.6. The van der Waals surface area contributed by atoms with E-state index in [-0.39, 0.29) is 5.91 Å². The number of nitrogens with zero attached hydrogens (tertiary/aromatic N) is 2. The average Bonchev–Trinajstić information content (AvgIpc) is 2.96. The standard InChI is InChI=1S/C28H29N3O/c29-23-17-15-21(16-18-23)26-24-13-7-8-14-25(24)27(22-11-5-2-6-12-22)30-31(28(26)32)19-20-9-3-1-4-10-20/h1,3-4,7-10,13-18,22,26H,2,5-6,11-12,19,29H2. The van der Waals surface area contributed by atoms with Gasteiger partial charge in [0.2, 0.25) is 0 Å². The maximum atomic E-state index is 14.0. The summed E-state index contributed by atoms with van der Waals surface area (Å²) in [6.45, 7) is 0.468. The normalized spacial score (nSPS) is 19.2. The summed E-state index contributed by atoms with van der Waals surface area (Å²) in [5.41, 5.74) is 11.9. The van der Waals surface area contributed by atoms with Crippen molar-refractivity contribution in [3.63, 3.8) is 0 Å². The van der Waals surface area contributed by atoms with Gasteiger partial charge >= 0.3 is 0 Å². The molecule has 1 aliphatic carbocycles. The van der Waals surface area contributed by atoms with Gasteiger partial charge in [-0.1, -0.05) is 86.0 Å². The summed E-state index contributed by atoms with van der Waals surface area (Å²) in [5.74, 6) is -0.00150. The fraction of sp³-hybridized carbons (Fsp3) is 0.286. The highest BCUT2D eigenvalue weighted by Crippen LogP contribution is 2.37. The van der Waals surface area contributed by atoms with Gasteiger partial charge in [0.1, 0.15) is 0 Å². The SMILES string of the molecule is Nc1ccc(C2C(=O)N(Cc3ccccc3)N=C(C3CCCCC3)c3ccccc32)cc1. The summed E-state index contributed by atoms with van der Waals surface area (Å²) in [4.78, 5) is 14.0. The van der Waals surface area contributed by atoms with Crippen LogP contribution in [0.25, 0.3) is 0 Å². The van der Waals surface area contributed by atoms with Crippen molar-refractivity contribution in [1.29, 1.82) is 0 Å².